The highest BCUT2D eigenvalue weighted by atomic mass is 14.7. The lowest BCUT2D eigenvalue weighted by atomic mass is 10.2. The Bertz CT molecular complexity index is 265. The molecule has 1 rings (SSSR count). The van der Waals surface area contributed by atoms with Gasteiger partial charge >= 0.3 is 0 Å². The molecule has 2 nitrogen and oxygen atoms in total. The Morgan fingerprint density at radius 1 is 1.40 bits per heavy atom. The molecule has 0 fully saturated rings. The molecule has 0 amide bonds. The lowest BCUT2D eigenvalue weighted by Crippen LogP contribution is -1.92. The molecule has 46 valence electrons. The van der Waals surface area contributed by atoms with Crippen LogP contribution in [-0.2, 0) is 0 Å². The standard InChI is InChI=1S/C7H5BN2/c8-10-7-4-2-1-3-6(7)5-9/h1-4,10H. The first-order valence-electron chi connectivity index (χ1n) is 2.84. The van der Waals surface area contributed by atoms with Crippen molar-refractivity contribution in [2.45, 2.75) is 0 Å². The molecule has 0 aromatic heterocycles. The van der Waals surface area contributed by atoms with E-state index < -0.39 is 0 Å². The molecular formula is C7H5BN2. The van der Waals surface area contributed by atoms with Crippen molar-refractivity contribution in [3.05, 3.63) is 29.8 Å². The fraction of sp³-hybridized carbons (Fsp3) is 0. The summed E-state index contributed by atoms with van der Waals surface area (Å²) in [7, 11) is 5.13. The Hall–Kier alpha value is -1.43. The average molecular weight is 128 g/mol. The Labute approximate surface area is 60.9 Å². The molecule has 0 unspecified atom stereocenters. The third-order valence-corrected chi connectivity index (χ3v) is 1.20. The molecule has 0 saturated carbocycles. The predicted molar refractivity (Wildman–Crippen MR) is 40.5 cm³/mol. The van der Waals surface area contributed by atoms with E-state index in [0.29, 0.717) is 11.3 Å². The minimum atomic E-state index is 0.560. The van der Waals surface area contributed by atoms with Crippen molar-refractivity contribution in [3.8, 4) is 6.07 Å². The van der Waals surface area contributed by atoms with Crippen LogP contribution in [0, 0.1) is 11.3 Å². The lowest BCUT2D eigenvalue weighted by Gasteiger charge is -1.99. The van der Waals surface area contributed by atoms with Crippen LogP contribution in [0.2, 0.25) is 0 Å². The van der Waals surface area contributed by atoms with Gasteiger partial charge < -0.3 is 5.23 Å². The molecule has 0 bridgehead atoms. The number of anilines is 1. The van der Waals surface area contributed by atoms with Gasteiger partial charge in [0.15, 0.2) is 0 Å². The molecule has 0 heterocycles. The maximum absolute atomic E-state index is 8.50. The van der Waals surface area contributed by atoms with E-state index in [-0.39, 0.29) is 0 Å². The Balaban J connectivity index is 3.12. The first kappa shape index (κ1) is 6.69. The summed E-state index contributed by atoms with van der Waals surface area (Å²) < 4.78 is 0. The van der Waals surface area contributed by atoms with E-state index in [2.05, 4.69) is 5.23 Å². The molecule has 2 radical (unpaired) electrons. The zero-order valence-corrected chi connectivity index (χ0v) is 5.33. The number of nitrogens with one attached hydrogen (secondary N) is 1. The number of nitriles is 1. The third-order valence-electron chi connectivity index (χ3n) is 1.20. The molecule has 0 aliphatic rings. The van der Waals surface area contributed by atoms with Crippen molar-refractivity contribution in [2.75, 3.05) is 5.23 Å². The van der Waals surface area contributed by atoms with Crippen LogP contribution < -0.4 is 5.23 Å². The van der Waals surface area contributed by atoms with Crippen LogP contribution in [0.4, 0.5) is 5.69 Å². The van der Waals surface area contributed by atoms with Crippen molar-refractivity contribution >= 4 is 13.7 Å². The number of para-hydroxylation sites is 1. The molecule has 0 saturated heterocycles. The van der Waals surface area contributed by atoms with Crippen LogP contribution in [0.3, 0.4) is 0 Å². The van der Waals surface area contributed by atoms with Crippen molar-refractivity contribution in [1.82, 2.24) is 0 Å². The summed E-state index contributed by atoms with van der Waals surface area (Å²) in [5, 5.41) is 10.9. The second kappa shape index (κ2) is 2.93. The van der Waals surface area contributed by atoms with E-state index in [1.807, 2.05) is 12.1 Å². The minimum absolute atomic E-state index is 0.560. The van der Waals surface area contributed by atoms with Crippen molar-refractivity contribution < 1.29 is 0 Å². The Morgan fingerprint density at radius 3 is 2.60 bits per heavy atom. The van der Waals surface area contributed by atoms with Gasteiger partial charge in [-0.15, -0.1) is 0 Å². The maximum atomic E-state index is 8.50. The quantitative estimate of drug-likeness (QED) is 0.573. The van der Waals surface area contributed by atoms with Gasteiger partial charge in [0.05, 0.1) is 5.56 Å². The fourth-order valence-electron chi connectivity index (χ4n) is 0.706. The van der Waals surface area contributed by atoms with Crippen LogP contribution in [0.5, 0.6) is 0 Å². The van der Waals surface area contributed by atoms with Gasteiger partial charge in [0.2, 0.25) is 7.98 Å². The summed E-state index contributed by atoms with van der Waals surface area (Å²) >= 11 is 0. The first-order valence-corrected chi connectivity index (χ1v) is 2.84. The van der Waals surface area contributed by atoms with Gasteiger partial charge in [0.25, 0.3) is 0 Å². The van der Waals surface area contributed by atoms with Gasteiger partial charge in [-0.3, -0.25) is 0 Å². The van der Waals surface area contributed by atoms with Gasteiger partial charge in [-0.1, -0.05) is 12.1 Å². The van der Waals surface area contributed by atoms with Crippen LogP contribution in [0.25, 0.3) is 0 Å². The molecule has 0 aliphatic heterocycles. The predicted octanol–water partition coefficient (Wildman–Crippen LogP) is 1.05. The topological polar surface area (TPSA) is 35.8 Å². The molecule has 0 aliphatic carbocycles. The number of nitrogens with zero attached hydrogens (tertiary/aromatic N) is 1. The Kier molecular flexibility index (Phi) is 1.96. The SMILES string of the molecule is [B]Nc1ccccc1C#N. The number of rotatable bonds is 1. The van der Waals surface area contributed by atoms with Gasteiger partial charge in [0.1, 0.15) is 6.07 Å². The fourth-order valence-corrected chi connectivity index (χ4v) is 0.706. The highest BCUT2D eigenvalue weighted by Crippen LogP contribution is 2.11. The van der Waals surface area contributed by atoms with Gasteiger partial charge in [-0.2, -0.15) is 5.26 Å². The van der Waals surface area contributed by atoms with E-state index in [4.69, 9.17) is 13.2 Å². The van der Waals surface area contributed by atoms with Crippen LogP contribution in [0.15, 0.2) is 24.3 Å². The van der Waals surface area contributed by atoms with Crippen LogP contribution in [0.1, 0.15) is 5.56 Å². The molecule has 3 heteroatoms. The summed E-state index contributed by atoms with van der Waals surface area (Å²) in [6, 6.07) is 9.06. The second-order valence-electron chi connectivity index (χ2n) is 1.80. The highest BCUT2D eigenvalue weighted by Gasteiger charge is 1.93. The molecule has 0 spiro atoms. The van der Waals surface area contributed by atoms with E-state index >= 15 is 0 Å². The highest BCUT2D eigenvalue weighted by molar-refractivity contribution is 6.16. The monoisotopic (exact) mass is 128 g/mol. The summed E-state index contributed by atoms with van der Waals surface area (Å²) in [5.74, 6) is 0. The normalized spacial score (nSPS) is 8.30. The molecule has 0 atom stereocenters. The van der Waals surface area contributed by atoms with Crippen molar-refractivity contribution in [1.29, 1.82) is 5.26 Å². The van der Waals surface area contributed by atoms with Crippen molar-refractivity contribution in [3.63, 3.8) is 0 Å². The molecule has 1 aromatic carbocycles. The van der Waals surface area contributed by atoms with E-state index in [1.165, 1.54) is 0 Å². The second-order valence-corrected chi connectivity index (χ2v) is 1.80. The van der Waals surface area contributed by atoms with E-state index in [1.54, 1.807) is 18.2 Å². The maximum Gasteiger partial charge on any atom is 0.222 e. The van der Waals surface area contributed by atoms with E-state index in [9.17, 15) is 0 Å². The number of hydrogen-bond acceptors (Lipinski definition) is 2. The largest absolute Gasteiger partial charge is 0.436 e. The number of benzene rings is 1. The van der Waals surface area contributed by atoms with E-state index in [0.717, 1.165) is 0 Å². The number of hydrogen-bond donors (Lipinski definition) is 1. The van der Waals surface area contributed by atoms with Crippen LogP contribution >= 0.6 is 0 Å². The van der Waals surface area contributed by atoms with Crippen LogP contribution in [-0.4, -0.2) is 7.98 Å². The third kappa shape index (κ3) is 1.11. The van der Waals surface area contributed by atoms with Crippen molar-refractivity contribution in [2.24, 2.45) is 0 Å². The summed E-state index contributed by atoms with van der Waals surface area (Å²) in [6.07, 6.45) is 0. The minimum Gasteiger partial charge on any atom is -0.436 e. The van der Waals surface area contributed by atoms with Gasteiger partial charge in [0, 0.05) is 5.69 Å². The Morgan fingerprint density at radius 2 is 2.10 bits per heavy atom. The zero-order valence-electron chi connectivity index (χ0n) is 5.33. The molecule has 1 aromatic rings. The van der Waals surface area contributed by atoms with Gasteiger partial charge in [-0.25, -0.2) is 0 Å². The summed E-state index contributed by atoms with van der Waals surface area (Å²) in [6.45, 7) is 0. The summed E-state index contributed by atoms with van der Waals surface area (Å²) in [4.78, 5) is 0. The van der Waals surface area contributed by atoms with Gasteiger partial charge in [-0.05, 0) is 12.1 Å². The molecular weight excluding hydrogens is 123 g/mol. The first-order chi connectivity index (χ1) is 4.88. The summed E-state index contributed by atoms with van der Waals surface area (Å²) in [5.41, 5.74) is 1.22. The lowest BCUT2D eigenvalue weighted by molar-refractivity contribution is 1.48. The molecule has 10 heavy (non-hydrogen) atoms. The zero-order chi connectivity index (χ0) is 7.40. The molecule has 1 N–H and O–H groups in total. The average Bonchev–Trinajstić information content (AvgIpc) is 2.04. The smallest absolute Gasteiger partial charge is 0.222 e.